The minimum atomic E-state index is 0.900. The molecule has 0 heterocycles. The third-order valence-corrected chi connectivity index (χ3v) is 4.37. The molecule has 0 saturated heterocycles. The zero-order valence-corrected chi connectivity index (χ0v) is 12.7. The minimum absolute atomic E-state index is 0.900. The zero-order chi connectivity index (χ0) is 12.6. The van der Waals surface area contributed by atoms with Gasteiger partial charge >= 0.3 is 0 Å². The molecule has 0 amide bonds. The molecule has 1 saturated carbocycles. The van der Waals surface area contributed by atoms with Crippen molar-refractivity contribution in [3.8, 4) is 0 Å². The van der Waals surface area contributed by atoms with E-state index in [9.17, 15) is 0 Å². The van der Waals surface area contributed by atoms with E-state index in [0.29, 0.717) is 0 Å². The zero-order valence-electron chi connectivity index (χ0n) is 11.1. The highest BCUT2D eigenvalue weighted by molar-refractivity contribution is 9.10. The summed E-state index contributed by atoms with van der Waals surface area (Å²) in [5.74, 6) is 0.900. The van der Waals surface area contributed by atoms with Gasteiger partial charge in [-0.2, -0.15) is 0 Å². The van der Waals surface area contributed by atoms with Crippen LogP contribution in [0.1, 0.15) is 50.5 Å². The molecule has 0 bridgehead atoms. The molecule has 0 spiro atoms. The van der Waals surface area contributed by atoms with Gasteiger partial charge in [0.25, 0.3) is 0 Å². The van der Waals surface area contributed by atoms with E-state index in [2.05, 4.69) is 45.5 Å². The van der Waals surface area contributed by atoms with Gasteiger partial charge in [-0.1, -0.05) is 60.2 Å². The lowest BCUT2D eigenvalue weighted by Crippen LogP contribution is -2.23. The van der Waals surface area contributed by atoms with Crippen molar-refractivity contribution in [2.24, 2.45) is 5.92 Å². The summed E-state index contributed by atoms with van der Waals surface area (Å²) in [4.78, 5) is 0. The molecule has 2 heteroatoms. The third kappa shape index (κ3) is 5.11. The first kappa shape index (κ1) is 14.1. The predicted molar refractivity (Wildman–Crippen MR) is 81.7 cm³/mol. The van der Waals surface area contributed by atoms with E-state index in [4.69, 9.17) is 0 Å². The predicted octanol–water partition coefficient (Wildman–Crippen LogP) is 4.90. The maximum absolute atomic E-state index is 3.63. The Morgan fingerprint density at radius 3 is 2.50 bits per heavy atom. The van der Waals surface area contributed by atoms with Crippen LogP contribution in [0.2, 0.25) is 0 Å². The summed E-state index contributed by atoms with van der Waals surface area (Å²) >= 11 is 3.52. The van der Waals surface area contributed by atoms with Crippen LogP contribution < -0.4 is 5.32 Å². The normalized spacial score (nSPS) is 18.3. The molecule has 0 aromatic heterocycles. The quantitative estimate of drug-likeness (QED) is 0.834. The van der Waals surface area contributed by atoms with Crippen LogP contribution in [-0.4, -0.2) is 6.54 Å². The van der Waals surface area contributed by atoms with Gasteiger partial charge in [-0.25, -0.2) is 0 Å². The molecule has 1 nitrogen and oxygen atoms in total. The van der Waals surface area contributed by atoms with Crippen molar-refractivity contribution in [2.75, 3.05) is 6.54 Å². The van der Waals surface area contributed by atoms with Gasteiger partial charge in [0.05, 0.1) is 0 Å². The highest BCUT2D eigenvalue weighted by atomic mass is 79.9. The average Bonchev–Trinajstić information content (AvgIpc) is 2.32. The second-order valence-corrected chi connectivity index (χ2v) is 6.39. The van der Waals surface area contributed by atoms with Crippen LogP contribution in [0, 0.1) is 5.92 Å². The number of halogens is 1. The van der Waals surface area contributed by atoms with Gasteiger partial charge in [0.1, 0.15) is 0 Å². The Bertz CT molecular complexity index is 343. The summed E-state index contributed by atoms with van der Waals surface area (Å²) in [5, 5.41) is 3.63. The first-order chi connectivity index (χ1) is 8.84. The molecule has 0 aliphatic heterocycles. The fourth-order valence-corrected chi connectivity index (χ4v) is 3.26. The van der Waals surface area contributed by atoms with Crippen LogP contribution in [0.3, 0.4) is 0 Å². The van der Waals surface area contributed by atoms with Crippen LogP contribution >= 0.6 is 15.9 Å². The molecule has 1 N–H and O–H groups in total. The van der Waals surface area contributed by atoms with Crippen LogP contribution in [0.25, 0.3) is 0 Å². The van der Waals surface area contributed by atoms with Gasteiger partial charge in [-0.05, 0) is 43.0 Å². The topological polar surface area (TPSA) is 12.0 Å². The van der Waals surface area contributed by atoms with Crippen LogP contribution in [0.4, 0.5) is 0 Å². The molecule has 0 radical (unpaired) electrons. The smallest absolute Gasteiger partial charge is 0.0206 e. The Labute approximate surface area is 119 Å². The van der Waals surface area contributed by atoms with Gasteiger partial charge < -0.3 is 5.32 Å². The Kier molecular flexibility index (Phi) is 6.22. The second kappa shape index (κ2) is 7.96. The molecule has 18 heavy (non-hydrogen) atoms. The van der Waals surface area contributed by atoms with E-state index in [-0.39, 0.29) is 0 Å². The molecule has 1 aromatic carbocycles. The molecule has 1 aromatic rings. The lowest BCUT2D eigenvalue weighted by molar-refractivity contribution is 0.361. The van der Waals surface area contributed by atoms with E-state index < -0.39 is 0 Å². The fourth-order valence-electron chi connectivity index (χ4n) is 2.81. The number of nitrogens with one attached hydrogen (secondary N) is 1. The van der Waals surface area contributed by atoms with Crippen molar-refractivity contribution in [1.82, 2.24) is 5.32 Å². The first-order valence-electron chi connectivity index (χ1n) is 7.30. The van der Waals surface area contributed by atoms with Gasteiger partial charge in [-0.3, -0.25) is 0 Å². The van der Waals surface area contributed by atoms with Gasteiger partial charge in [0.15, 0.2) is 0 Å². The molecular formula is C16H24BrN. The Morgan fingerprint density at radius 2 is 1.78 bits per heavy atom. The van der Waals surface area contributed by atoms with E-state index >= 15 is 0 Å². The second-order valence-electron chi connectivity index (χ2n) is 5.47. The van der Waals surface area contributed by atoms with Crippen molar-refractivity contribution < 1.29 is 0 Å². The molecule has 100 valence electrons. The van der Waals surface area contributed by atoms with Gasteiger partial charge in [-0.15, -0.1) is 0 Å². The summed E-state index contributed by atoms with van der Waals surface area (Å²) < 4.78 is 1.17. The fraction of sp³-hybridized carbons (Fsp3) is 0.625. The van der Waals surface area contributed by atoms with Gasteiger partial charge in [0, 0.05) is 11.0 Å². The summed E-state index contributed by atoms with van der Waals surface area (Å²) in [6.45, 7) is 2.18. The first-order valence-corrected chi connectivity index (χ1v) is 8.09. The third-order valence-electron chi connectivity index (χ3n) is 3.88. The molecule has 1 aliphatic carbocycles. The van der Waals surface area contributed by atoms with Gasteiger partial charge in [0.2, 0.25) is 0 Å². The molecule has 2 rings (SSSR count). The lowest BCUT2D eigenvalue weighted by Gasteiger charge is -2.20. The van der Waals surface area contributed by atoms with E-state index in [1.54, 1.807) is 0 Å². The SMILES string of the molecule is Brc1cccc(CNCC2CCCCCCC2)c1. The van der Waals surface area contributed by atoms with Crippen LogP contribution in [0.15, 0.2) is 28.7 Å². The summed E-state index contributed by atoms with van der Waals surface area (Å²) in [6, 6.07) is 8.58. The van der Waals surface area contributed by atoms with Crippen molar-refractivity contribution in [3.05, 3.63) is 34.3 Å². The van der Waals surface area contributed by atoms with Crippen molar-refractivity contribution in [2.45, 2.75) is 51.5 Å². The van der Waals surface area contributed by atoms with E-state index in [1.807, 2.05) is 0 Å². The highest BCUT2D eigenvalue weighted by Crippen LogP contribution is 2.21. The Morgan fingerprint density at radius 1 is 1.06 bits per heavy atom. The number of hydrogen-bond donors (Lipinski definition) is 1. The molecule has 0 unspecified atom stereocenters. The number of rotatable bonds is 4. The molecular weight excluding hydrogens is 286 g/mol. The Hall–Kier alpha value is -0.340. The average molecular weight is 310 g/mol. The largest absolute Gasteiger partial charge is 0.312 e. The molecule has 0 atom stereocenters. The number of hydrogen-bond acceptors (Lipinski definition) is 1. The van der Waals surface area contributed by atoms with Crippen LogP contribution in [0.5, 0.6) is 0 Å². The van der Waals surface area contributed by atoms with E-state index in [0.717, 1.165) is 12.5 Å². The lowest BCUT2D eigenvalue weighted by atomic mass is 9.91. The van der Waals surface area contributed by atoms with Crippen molar-refractivity contribution in [1.29, 1.82) is 0 Å². The Balaban J connectivity index is 1.70. The van der Waals surface area contributed by atoms with Crippen molar-refractivity contribution in [3.63, 3.8) is 0 Å². The number of benzene rings is 1. The maximum Gasteiger partial charge on any atom is 0.0206 e. The highest BCUT2D eigenvalue weighted by Gasteiger charge is 2.10. The summed E-state index contributed by atoms with van der Waals surface area (Å²) in [6.07, 6.45) is 10.1. The summed E-state index contributed by atoms with van der Waals surface area (Å²) in [5.41, 5.74) is 1.37. The van der Waals surface area contributed by atoms with Crippen molar-refractivity contribution >= 4 is 15.9 Å². The van der Waals surface area contributed by atoms with E-state index in [1.165, 1.54) is 61.5 Å². The maximum atomic E-state index is 3.63. The standard InChI is InChI=1S/C16H24BrN/c17-16-10-6-9-15(11-16)13-18-12-14-7-4-2-1-3-5-8-14/h6,9-11,14,18H,1-5,7-8,12-13H2. The molecule has 1 fully saturated rings. The summed E-state index contributed by atoms with van der Waals surface area (Å²) in [7, 11) is 0. The minimum Gasteiger partial charge on any atom is -0.312 e. The monoisotopic (exact) mass is 309 g/mol. The molecule has 1 aliphatic rings. The van der Waals surface area contributed by atoms with Crippen LogP contribution in [-0.2, 0) is 6.54 Å².